The van der Waals surface area contributed by atoms with Crippen LogP contribution in [-0.2, 0) is 7.05 Å². The highest BCUT2D eigenvalue weighted by Crippen LogP contribution is 2.17. The average molecular weight is 281 g/mol. The molecule has 0 atom stereocenters. The molecule has 8 heteroatoms. The molecule has 0 bridgehead atoms. The van der Waals surface area contributed by atoms with Crippen LogP contribution < -0.4 is 5.32 Å². The molecule has 0 aliphatic rings. The van der Waals surface area contributed by atoms with Crippen molar-refractivity contribution >= 4 is 29.1 Å². The van der Waals surface area contributed by atoms with E-state index < -0.39 is 10.8 Å². The van der Waals surface area contributed by atoms with Gasteiger partial charge >= 0.3 is 5.82 Å². The second kappa shape index (κ2) is 5.07. The Morgan fingerprint density at radius 2 is 2.21 bits per heavy atom. The van der Waals surface area contributed by atoms with Gasteiger partial charge < -0.3 is 15.4 Å². The van der Waals surface area contributed by atoms with Crippen LogP contribution in [0.2, 0.25) is 5.02 Å². The van der Waals surface area contributed by atoms with Crippen molar-refractivity contribution in [3.05, 3.63) is 51.3 Å². The van der Waals surface area contributed by atoms with Gasteiger partial charge in [0.2, 0.25) is 0 Å². The van der Waals surface area contributed by atoms with Crippen LogP contribution in [0.15, 0.2) is 30.5 Å². The zero-order valence-corrected chi connectivity index (χ0v) is 10.6. The van der Waals surface area contributed by atoms with Gasteiger partial charge in [-0.15, -0.1) is 0 Å². The third kappa shape index (κ3) is 2.71. The molecule has 0 fully saturated rings. The third-order valence-electron chi connectivity index (χ3n) is 2.48. The highest BCUT2D eigenvalue weighted by molar-refractivity contribution is 6.30. The highest BCUT2D eigenvalue weighted by Gasteiger charge is 2.20. The van der Waals surface area contributed by atoms with Gasteiger partial charge in [-0.25, -0.2) is 9.55 Å². The lowest BCUT2D eigenvalue weighted by Gasteiger charge is -2.03. The van der Waals surface area contributed by atoms with Crippen molar-refractivity contribution in [1.82, 2.24) is 9.55 Å². The smallest absolute Gasteiger partial charge is 0.323 e. The maximum absolute atomic E-state index is 11.9. The molecule has 0 spiro atoms. The largest absolute Gasteiger partial charge is 0.358 e. The van der Waals surface area contributed by atoms with Crippen LogP contribution >= 0.6 is 11.6 Å². The number of nitrogens with zero attached hydrogens (tertiary/aromatic N) is 3. The maximum atomic E-state index is 11.9. The molecule has 19 heavy (non-hydrogen) atoms. The van der Waals surface area contributed by atoms with Gasteiger partial charge in [0.1, 0.15) is 5.82 Å². The van der Waals surface area contributed by atoms with E-state index in [0.717, 1.165) is 0 Å². The summed E-state index contributed by atoms with van der Waals surface area (Å²) in [5.41, 5.74) is 0.161. The molecule has 2 aromatic heterocycles. The Bertz CT molecular complexity index is 653. The Morgan fingerprint density at radius 3 is 2.79 bits per heavy atom. The number of aromatic nitrogens is 2. The number of hydrogen-bond donors (Lipinski definition) is 1. The fourth-order valence-electron chi connectivity index (χ4n) is 1.57. The normalized spacial score (nSPS) is 10.2. The molecule has 0 aliphatic heterocycles. The highest BCUT2D eigenvalue weighted by atomic mass is 35.5. The van der Waals surface area contributed by atoms with Gasteiger partial charge in [0.05, 0.1) is 7.05 Å². The number of carbonyl (C=O) groups excluding carboxylic acids is 1. The number of carbonyl (C=O) groups is 1. The summed E-state index contributed by atoms with van der Waals surface area (Å²) in [5, 5.41) is 13.6. The van der Waals surface area contributed by atoms with Crippen LogP contribution in [0.4, 0.5) is 11.6 Å². The molecule has 0 aromatic carbocycles. The summed E-state index contributed by atoms with van der Waals surface area (Å²) in [6, 6.07) is 5.69. The Balaban J connectivity index is 2.23. The SMILES string of the molecule is Cn1c(C(=O)Nc2cc(Cl)ccn2)ccc1[N+](=O)[O-]. The van der Waals surface area contributed by atoms with Crippen molar-refractivity contribution < 1.29 is 9.72 Å². The van der Waals surface area contributed by atoms with E-state index in [1.807, 2.05) is 0 Å². The van der Waals surface area contributed by atoms with E-state index >= 15 is 0 Å². The van der Waals surface area contributed by atoms with E-state index in [1.165, 1.54) is 36.0 Å². The van der Waals surface area contributed by atoms with E-state index in [0.29, 0.717) is 5.02 Å². The molecule has 7 nitrogen and oxygen atoms in total. The first kappa shape index (κ1) is 13.0. The average Bonchev–Trinajstić information content (AvgIpc) is 2.71. The van der Waals surface area contributed by atoms with Crippen LogP contribution in [0.1, 0.15) is 10.5 Å². The van der Waals surface area contributed by atoms with E-state index in [9.17, 15) is 14.9 Å². The van der Waals surface area contributed by atoms with Gasteiger partial charge in [0, 0.05) is 17.3 Å². The van der Waals surface area contributed by atoms with Crippen LogP contribution in [0.5, 0.6) is 0 Å². The minimum Gasteiger partial charge on any atom is -0.358 e. The molecule has 0 saturated carbocycles. The van der Waals surface area contributed by atoms with Crippen LogP contribution in [-0.4, -0.2) is 20.4 Å². The van der Waals surface area contributed by atoms with Gasteiger partial charge in [-0.2, -0.15) is 0 Å². The molecule has 98 valence electrons. The van der Waals surface area contributed by atoms with Gasteiger partial charge in [-0.05, 0) is 23.1 Å². The number of rotatable bonds is 3. The third-order valence-corrected chi connectivity index (χ3v) is 2.71. The maximum Gasteiger partial charge on any atom is 0.323 e. The van der Waals surface area contributed by atoms with Crippen molar-refractivity contribution in [3.8, 4) is 0 Å². The molecule has 0 unspecified atom stereocenters. The van der Waals surface area contributed by atoms with Crippen LogP contribution in [0, 0.1) is 10.1 Å². The molecule has 0 saturated heterocycles. The number of nitrogens with one attached hydrogen (secondary N) is 1. The summed E-state index contributed by atoms with van der Waals surface area (Å²) in [4.78, 5) is 26.0. The number of anilines is 1. The lowest BCUT2D eigenvalue weighted by Crippen LogP contribution is -2.16. The Kier molecular flexibility index (Phi) is 3.48. The van der Waals surface area contributed by atoms with E-state index in [4.69, 9.17) is 11.6 Å². The Morgan fingerprint density at radius 1 is 1.47 bits per heavy atom. The number of pyridine rings is 1. The van der Waals surface area contributed by atoms with Gasteiger partial charge in [-0.3, -0.25) is 4.79 Å². The summed E-state index contributed by atoms with van der Waals surface area (Å²) in [6.07, 6.45) is 1.45. The minimum atomic E-state index is -0.561. The summed E-state index contributed by atoms with van der Waals surface area (Å²) >= 11 is 5.77. The van der Waals surface area contributed by atoms with Crippen molar-refractivity contribution in [1.29, 1.82) is 0 Å². The van der Waals surface area contributed by atoms with Crippen molar-refractivity contribution in [2.24, 2.45) is 7.05 Å². The molecule has 0 radical (unpaired) electrons. The zero-order chi connectivity index (χ0) is 14.0. The van der Waals surface area contributed by atoms with Crippen LogP contribution in [0.25, 0.3) is 0 Å². The minimum absolute atomic E-state index is 0.161. The molecular formula is C11H9ClN4O3. The van der Waals surface area contributed by atoms with Crippen molar-refractivity contribution in [2.75, 3.05) is 5.32 Å². The summed E-state index contributed by atoms with van der Waals surface area (Å²) in [6.45, 7) is 0. The Hall–Kier alpha value is -2.41. The molecular weight excluding hydrogens is 272 g/mol. The fraction of sp³-hybridized carbons (Fsp3) is 0.0909. The summed E-state index contributed by atoms with van der Waals surface area (Å²) in [7, 11) is 1.44. The Labute approximate surface area is 113 Å². The van der Waals surface area contributed by atoms with Gasteiger partial charge in [-0.1, -0.05) is 11.6 Å². The second-order valence-corrected chi connectivity index (χ2v) is 4.14. The van der Waals surface area contributed by atoms with Gasteiger partial charge in [0.25, 0.3) is 5.91 Å². The predicted octanol–water partition coefficient (Wildman–Crippen LogP) is 2.23. The second-order valence-electron chi connectivity index (χ2n) is 3.71. The molecule has 2 rings (SSSR count). The fourth-order valence-corrected chi connectivity index (χ4v) is 1.72. The van der Waals surface area contributed by atoms with E-state index in [2.05, 4.69) is 10.3 Å². The van der Waals surface area contributed by atoms with Crippen LogP contribution in [0.3, 0.4) is 0 Å². The first-order valence-electron chi connectivity index (χ1n) is 5.22. The lowest BCUT2D eigenvalue weighted by molar-refractivity contribution is -0.391. The lowest BCUT2D eigenvalue weighted by atomic mass is 10.4. The quantitative estimate of drug-likeness (QED) is 0.689. The topological polar surface area (TPSA) is 90.1 Å². The monoisotopic (exact) mass is 280 g/mol. The molecule has 1 N–H and O–H groups in total. The zero-order valence-electron chi connectivity index (χ0n) is 9.83. The van der Waals surface area contributed by atoms with Gasteiger partial charge in [0.15, 0.2) is 5.69 Å². The molecule has 0 aliphatic carbocycles. The standard InChI is InChI=1S/C11H9ClN4O3/c1-15-8(2-3-10(15)16(18)19)11(17)14-9-6-7(12)4-5-13-9/h2-6H,1H3,(H,13,14,17). The first-order valence-corrected chi connectivity index (χ1v) is 5.60. The summed E-state index contributed by atoms with van der Waals surface area (Å²) in [5.74, 6) is -0.379. The van der Waals surface area contributed by atoms with E-state index in [1.54, 1.807) is 6.07 Å². The van der Waals surface area contributed by atoms with Crippen molar-refractivity contribution in [2.45, 2.75) is 0 Å². The molecule has 1 amide bonds. The van der Waals surface area contributed by atoms with Crippen molar-refractivity contribution in [3.63, 3.8) is 0 Å². The number of hydrogen-bond acceptors (Lipinski definition) is 4. The predicted molar refractivity (Wildman–Crippen MR) is 69.3 cm³/mol. The van der Waals surface area contributed by atoms with E-state index in [-0.39, 0.29) is 17.3 Å². The molecule has 2 heterocycles. The molecule has 2 aromatic rings. The summed E-state index contributed by atoms with van der Waals surface area (Å²) < 4.78 is 1.19. The first-order chi connectivity index (χ1) is 8.99. The number of amides is 1. The number of nitro groups is 1. The number of halogens is 1.